The number of aromatic nitrogens is 1. The molecule has 2 rings (SSSR count). The molecule has 3 heteroatoms. The van der Waals surface area contributed by atoms with Crippen LogP contribution in [-0.2, 0) is 0 Å². The number of nitrogens with zero attached hydrogens (tertiary/aromatic N) is 1. The molecular formula is C15H24N2O. The first-order valence-corrected chi connectivity index (χ1v) is 7.05. The van der Waals surface area contributed by atoms with Crippen molar-refractivity contribution >= 4 is 0 Å². The summed E-state index contributed by atoms with van der Waals surface area (Å²) in [6.07, 6.45) is 10.1. The van der Waals surface area contributed by atoms with Crippen LogP contribution in [0.15, 0.2) is 18.5 Å². The molecule has 1 aromatic rings. The molecule has 2 atom stereocenters. The van der Waals surface area contributed by atoms with Gasteiger partial charge in [0.25, 0.3) is 0 Å². The van der Waals surface area contributed by atoms with Crippen LogP contribution in [0.5, 0.6) is 5.75 Å². The van der Waals surface area contributed by atoms with Gasteiger partial charge in [0.2, 0.25) is 0 Å². The summed E-state index contributed by atoms with van der Waals surface area (Å²) in [6.45, 7) is 3.35. The predicted octanol–water partition coefficient (Wildman–Crippen LogP) is 3.12. The topological polar surface area (TPSA) is 34.2 Å². The Balaban J connectivity index is 1.98. The van der Waals surface area contributed by atoms with Gasteiger partial charge >= 0.3 is 0 Å². The molecule has 1 fully saturated rings. The van der Waals surface area contributed by atoms with Crippen LogP contribution in [0.2, 0.25) is 0 Å². The molecule has 0 amide bonds. The molecule has 3 nitrogen and oxygen atoms in total. The van der Waals surface area contributed by atoms with Crippen LogP contribution in [0.3, 0.4) is 0 Å². The highest BCUT2D eigenvalue weighted by molar-refractivity contribution is 5.26. The molecule has 1 aromatic heterocycles. The highest BCUT2D eigenvalue weighted by Gasteiger charge is 2.23. The lowest BCUT2D eigenvalue weighted by Crippen LogP contribution is -2.34. The lowest BCUT2D eigenvalue weighted by atomic mass is 9.82. The van der Waals surface area contributed by atoms with Crippen LogP contribution in [0.25, 0.3) is 0 Å². The van der Waals surface area contributed by atoms with E-state index in [0.717, 1.165) is 12.3 Å². The minimum atomic E-state index is 0.635. The summed E-state index contributed by atoms with van der Waals surface area (Å²) in [5.41, 5.74) is 1.33. The molecule has 0 aliphatic heterocycles. The lowest BCUT2D eigenvalue weighted by molar-refractivity contribution is 0.338. The Bertz CT molecular complexity index is 367. The van der Waals surface area contributed by atoms with Crippen LogP contribution >= 0.6 is 0 Å². The SMILES string of the molecule is CCCNC1CCCC(c2cncc(OC)c2)C1. The van der Waals surface area contributed by atoms with Crippen molar-refractivity contribution in [3.8, 4) is 5.75 Å². The first kappa shape index (κ1) is 13.3. The Morgan fingerprint density at radius 2 is 2.28 bits per heavy atom. The molecule has 0 bridgehead atoms. The second-order valence-corrected chi connectivity index (χ2v) is 5.17. The van der Waals surface area contributed by atoms with E-state index >= 15 is 0 Å². The van der Waals surface area contributed by atoms with Gasteiger partial charge in [-0.3, -0.25) is 4.98 Å². The molecule has 1 aliphatic carbocycles. The van der Waals surface area contributed by atoms with Crippen LogP contribution in [0.1, 0.15) is 50.5 Å². The number of methoxy groups -OCH3 is 1. The molecule has 0 spiro atoms. The predicted molar refractivity (Wildman–Crippen MR) is 74.1 cm³/mol. The maximum absolute atomic E-state index is 5.26. The van der Waals surface area contributed by atoms with Crippen molar-refractivity contribution in [2.75, 3.05) is 13.7 Å². The van der Waals surface area contributed by atoms with Gasteiger partial charge in [-0.25, -0.2) is 0 Å². The standard InChI is InChI=1S/C15H24N2O/c1-3-7-17-14-6-4-5-12(8-14)13-9-15(18-2)11-16-10-13/h9-12,14,17H,3-8H2,1-2H3. The fraction of sp³-hybridized carbons (Fsp3) is 0.667. The van der Waals surface area contributed by atoms with E-state index in [-0.39, 0.29) is 0 Å². The molecule has 0 radical (unpaired) electrons. The van der Waals surface area contributed by atoms with Gasteiger partial charge in [-0.1, -0.05) is 13.3 Å². The third-order valence-electron chi connectivity index (χ3n) is 3.80. The molecule has 1 N–H and O–H groups in total. The Hall–Kier alpha value is -1.09. The Labute approximate surface area is 110 Å². The van der Waals surface area contributed by atoms with Gasteiger partial charge in [-0.05, 0) is 49.8 Å². The molecule has 2 unspecified atom stereocenters. The summed E-state index contributed by atoms with van der Waals surface area (Å²) in [6, 6.07) is 2.81. The van der Waals surface area contributed by atoms with Gasteiger partial charge in [0.15, 0.2) is 0 Å². The van der Waals surface area contributed by atoms with E-state index in [2.05, 4.69) is 23.3 Å². The van der Waals surface area contributed by atoms with Gasteiger partial charge < -0.3 is 10.1 Å². The highest BCUT2D eigenvalue weighted by Crippen LogP contribution is 2.33. The normalized spacial score (nSPS) is 23.9. The van der Waals surface area contributed by atoms with E-state index in [0.29, 0.717) is 12.0 Å². The van der Waals surface area contributed by atoms with Crippen molar-refractivity contribution in [2.45, 2.75) is 51.0 Å². The van der Waals surface area contributed by atoms with E-state index in [9.17, 15) is 0 Å². The minimum Gasteiger partial charge on any atom is -0.495 e. The number of rotatable bonds is 5. The zero-order valence-corrected chi connectivity index (χ0v) is 11.5. The van der Waals surface area contributed by atoms with Crippen LogP contribution in [-0.4, -0.2) is 24.7 Å². The van der Waals surface area contributed by atoms with E-state index in [1.165, 1.54) is 37.7 Å². The van der Waals surface area contributed by atoms with E-state index in [4.69, 9.17) is 4.74 Å². The van der Waals surface area contributed by atoms with Crippen LogP contribution in [0, 0.1) is 0 Å². The van der Waals surface area contributed by atoms with Gasteiger partial charge in [0, 0.05) is 12.2 Å². The van der Waals surface area contributed by atoms with Gasteiger partial charge in [-0.15, -0.1) is 0 Å². The third kappa shape index (κ3) is 3.45. The van der Waals surface area contributed by atoms with Crippen molar-refractivity contribution in [2.24, 2.45) is 0 Å². The third-order valence-corrected chi connectivity index (χ3v) is 3.80. The lowest BCUT2D eigenvalue weighted by Gasteiger charge is -2.30. The number of nitrogens with one attached hydrogen (secondary N) is 1. The van der Waals surface area contributed by atoms with Crippen molar-refractivity contribution in [3.63, 3.8) is 0 Å². The largest absolute Gasteiger partial charge is 0.495 e. The molecule has 18 heavy (non-hydrogen) atoms. The maximum Gasteiger partial charge on any atom is 0.137 e. The fourth-order valence-corrected chi connectivity index (χ4v) is 2.80. The number of ether oxygens (including phenoxy) is 1. The first-order chi connectivity index (χ1) is 8.83. The Morgan fingerprint density at radius 1 is 1.39 bits per heavy atom. The molecule has 0 saturated heterocycles. The summed E-state index contributed by atoms with van der Waals surface area (Å²) in [5.74, 6) is 1.51. The van der Waals surface area contributed by atoms with Gasteiger partial charge in [0.1, 0.15) is 5.75 Å². The highest BCUT2D eigenvalue weighted by atomic mass is 16.5. The van der Waals surface area contributed by atoms with E-state index in [1.54, 1.807) is 13.3 Å². The van der Waals surface area contributed by atoms with Crippen molar-refractivity contribution in [1.82, 2.24) is 10.3 Å². The Kier molecular flexibility index (Phi) is 5.00. The zero-order chi connectivity index (χ0) is 12.8. The molecule has 1 saturated carbocycles. The summed E-state index contributed by atoms with van der Waals surface area (Å²) >= 11 is 0. The van der Waals surface area contributed by atoms with Gasteiger partial charge in [-0.2, -0.15) is 0 Å². The molecule has 1 aliphatic rings. The summed E-state index contributed by atoms with van der Waals surface area (Å²) in [5, 5.41) is 3.65. The van der Waals surface area contributed by atoms with Crippen molar-refractivity contribution < 1.29 is 4.74 Å². The molecule has 0 aromatic carbocycles. The average Bonchev–Trinajstić information content (AvgIpc) is 2.45. The molecule has 100 valence electrons. The van der Waals surface area contributed by atoms with Crippen LogP contribution in [0.4, 0.5) is 0 Å². The maximum atomic E-state index is 5.26. The first-order valence-electron chi connectivity index (χ1n) is 7.05. The minimum absolute atomic E-state index is 0.635. The monoisotopic (exact) mass is 248 g/mol. The fourth-order valence-electron chi connectivity index (χ4n) is 2.80. The molecule has 1 heterocycles. The van der Waals surface area contributed by atoms with Gasteiger partial charge in [0.05, 0.1) is 13.3 Å². The summed E-state index contributed by atoms with van der Waals surface area (Å²) < 4.78 is 5.26. The number of hydrogen-bond donors (Lipinski definition) is 1. The number of hydrogen-bond acceptors (Lipinski definition) is 3. The van der Waals surface area contributed by atoms with E-state index < -0.39 is 0 Å². The Morgan fingerprint density at radius 3 is 3.06 bits per heavy atom. The quantitative estimate of drug-likeness (QED) is 0.869. The zero-order valence-electron chi connectivity index (χ0n) is 11.5. The smallest absolute Gasteiger partial charge is 0.137 e. The summed E-state index contributed by atoms with van der Waals surface area (Å²) in [7, 11) is 1.70. The van der Waals surface area contributed by atoms with E-state index in [1.807, 2.05) is 6.20 Å². The van der Waals surface area contributed by atoms with Crippen molar-refractivity contribution in [1.29, 1.82) is 0 Å². The second-order valence-electron chi connectivity index (χ2n) is 5.17. The van der Waals surface area contributed by atoms with Crippen molar-refractivity contribution in [3.05, 3.63) is 24.0 Å². The van der Waals surface area contributed by atoms with Crippen LogP contribution < -0.4 is 10.1 Å². The average molecular weight is 248 g/mol. The number of pyridine rings is 1. The second kappa shape index (κ2) is 6.74. The summed E-state index contributed by atoms with van der Waals surface area (Å²) in [4.78, 5) is 4.27. The molecular weight excluding hydrogens is 224 g/mol.